The molecule has 2 N–H and O–H groups in total. The predicted molar refractivity (Wildman–Crippen MR) is 82.1 cm³/mol. The Bertz CT molecular complexity index is 381. The summed E-state index contributed by atoms with van der Waals surface area (Å²) in [4.78, 5) is 2.67. The maximum absolute atomic E-state index is 6.03. The number of benzene rings is 1. The molecule has 19 heavy (non-hydrogen) atoms. The van der Waals surface area contributed by atoms with E-state index in [2.05, 4.69) is 43.0 Å². The van der Waals surface area contributed by atoms with Crippen molar-refractivity contribution in [2.45, 2.75) is 64.6 Å². The first kappa shape index (κ1) is 14.5. The van der Waals surface area contributed by atoms with Gasteiger partial charge in [0.25, 0.3) is 0 Å². The van der Waals surface area contributed by atoms with Gasteiger partial charge in [-0.3, -0.25) is 4.90 Å². The lowest BCUT2D eigenvalue weighted by Crippen LogP contribution is -2.41. The third-order valence-electron chi connectivity index (χ3n) is 4.40. The van der Waals surface area contributed by atoms with Gasteiger partial charge in [-0.05, 0) is 56.7 Å². The third kappa shape index (κ3) is 4.05. The van der Waals surface area contributed by atoms with Crippen molar-refractivity contribution in [2.75, 3.05) is 6.54 Å². The lowest BCUT2D eigenvalue weighted by atomic mass is 9.90. The van der Waals surface area contributed by atoms with Crippen LogP contribution < -0.4 is 5.73 Å². The first-order chi connectivity index (χ1) is 9.20. The number of hydrogen-bond donors (Lipinski definition) is 1. The molecule has 0 bridgehead atoms. The van der Waals surface area contributed by atoms with E-state index >= 15 is 0 Å². The average molecular weight is 260 g/mol. The minimum atomic E-state index is 0.443. The molecule has 0 spiro atoms. The fourth-order valence-corrected chi connectivity index (χ4v) is 3.15. The van der Waals surface area contributed by atoms with Gasteiger partial charge in [0.15, 0.2) is 0 Å². The zero-order valence-electron chi connectivity index (χ0n) is 12.4. The summed E-state index contributed by atoms with van der Waals surface area (Å²) >= 11 is 0. The molecule has 0 radical (unpaired) electrons. The highest BCUT2D eigenvalue weighted by Crippen LogP contribution is 2.24. The third-order valence-corrected chi connectivity index (χ3v) is 4.40. The Balaban J connectivity index is 2.02. The molecule has 2 heteroatoms. The summed E-state index contributed by atoms with van der Waals surface area (Å²) in [5, 5.41) is 0. The lowest BCUT2D eigenvalue weighted by Gasteiger charge is -2.36. The Hall–Kier alpha value is -0.860. The molecule has 0 amide bonds. The van der Waals surface area contributed by atoms with Crippen LogP contribution in [0.25, 0.3) is 0 Å². The van der Waals surface area contributed by atoms with E-state index in [-0.39, 0.29) is 0 Å². The molecule has 0 unspecified atom stereocenters. The second kappa shape index (κ2) is 7.06. The summed E-state index contributed by atoms with van der Waals surface area (Å²) in [6, 6.07) is 9.95. The van der Waals surface area contributed by atoms with Crippen molar-refractivity contribution in [1.29, 1.82) is 0 Å². The second-order valence-corrected chi connectivity index (χ2v) is 5.97. The van der Waals surface area contributed by atoms with Gasteiger partial charge in [0.1, 0.15) is 0 Å². The molecule has 0 aliphatic heterocycles. The van der Waals surface area contributed by atoms with E-state index in [4.69, 9.17) is 5.73 Å². The van der Waals surface area contributed by atoms with E-state index in [0.717, 1.165) is 12.6 Å². The minimum absolute atomic E-state index is 0.443. The average Bonchev–Trinajstić information content (AvgIpc) is 2.42. The minimum Gasteiger partial charge on any atom is -0.328 e. The first-order valence-electron chi connectivity index (χ1n) is 7.74. The number of nitrogens with two attached hydrogens (primary N) is 1. The van der Waals surface area contributed by atoms with Crippen molar-refractivity contribution in [1.82, 2.24) is 4.90 Å². The zero-order chi connectivity index (χ0) is 13.7. The van der Waals surface area contributed by atoms with Crippen LogP contribution in [0.5, 0.6) is 0 Å². The Morgan fingerprint density at radius 1 is 1.16 bits per heavy atom. The highest BCUT2D eigenvalue weighted by atomic mass is 15.2. The normalized spacial score (nSPS) is 23.8. The van der Waals surface area contributed by atoms with Gasteiger partial charge in [-0.1, -0.05) is 31.2 Å². The SMILES string of the molecule is CCCN(Cc1ccccc1C)C1CCC(N)CC1. The topological polar surface area (TPSA) is 29.3 Å². The largest absolute Gasteiger partial charge is 0.328 e. The highest BCUT2D eigenvalue weighted by Gasteiger charge is 2.23. The van der Waals surface area contributed by atoms with Crippen LogP contribution in [-0.2, 0) is 6.54 Å². The molecule has 1 aromatic rings. The summed E-state index contributed by atoms with van der Waals surface area (Å²) in [6.45, 7) is 6.80. The highest BCUT2D eigenvalue weighted by molar-refractivity contribution is 5.25. The molecule has 0 heterocycles. The van der Waals surface area contributed by atoms with Crippen LogP contribution in [0.2, 0.25) is 0 Å². The standard InChI is InChI=1S/C17H28N2/c1-3-12-19(17-10-8-16(18)9-11-17)13-15-7-5-4-6-14(15)2/h4-7,16-17H,3,8-13,18H2,1-2H3. The maximum Gasteiger partial charge on any atom is 0.0239 e. The molecule has 2 nitrogen and oxygen atoms in total. The predicted octanol–water partition coefficient (Wildman–Crippen LogP) is 3.48. The van der Waals surface area contributed by atoms with E-state index in [0.29, 0.717) is 6.04 Å². The summed E-state index contributed by atoms with van der Waals surface area (Å²) in [7, 11) is 0. The van der Waals surface area contributed by atoms with Crippen molar-refractivity contribution in [3.63, 3.8) is 0 Å². The van der Waals surface area contributed by atoms with E-state index < -0.39 is 0 Å². The molecule has 0 saturated heterocycles. The fourth-order valence-electron chi connectivity index (χ4n) is 3.15. The van der Waals surface area contributed by atoms with Gasteiger partial charge < -0.3 is 5.73 Å². The Kier molecular flexibility index (Phi) is 5.41. The number of aryl methyl sites for hydroxylation is 1. The Morgan fingerprint density at radius 3 is 2.47 bits per heavy atom. The van der Waals surface area contributed by atoms with Crippen molar-refractivity contribution in [2.24, 2.45) is 5.73 Å². The molecular formula is C17H28N2. The summed E-state index contributed by atoms with van der Waals surface area (Å²) in [5.74, 6) is 0. The van der Waals surface area contributed by atoms with Gasteiger partial charge in [-0.15, -0.1) is 0 Å². The summed E-state index contributed by atoms with van der Waals surface area (Å²) in [5.41, 5.74) is 8.92. The number of rotatable bonds is 5. The molecule has 2 rings (SSSR count). The molecule has 1 aliphatic carbocycles. The van der Waals surface area contributed by atoms with Crippen molar-refractivity contribution in [3.05, 3.63) is 35.4 Å². The second-order valence-electron chi connectivity index (χ2n) is 5.97. The van der Waals surface area contributed by atoms with Crippen LogP contribution in [0.3, 0.4) is 0 Å². The monoisotopic (exact) mass is 260 g/mol. The van der Waals surface area contributed by atoms with Gasteiger partial charge in [0, 0.05) is 18.6 Å². The van der Waals surface area contributed by atoms with Crippen LogP contribution >= 0.6 is 0 Å². The van der Waals surface area contributed by atoms with Gasteiger partial charge in [-0.25, -0.2) is 0 Å². The van der Waals surface area contributed by atoms with E-state index in [1.807, 2.05) is 0 Å². The van der Waals surface area contributed by atoms with Crippen LogP contribution in [-0.4, -0.2) is 23.5 Å². The summed E-state index contributed by atoms with van der Waals surface area (Å²) < 4.78 is 0. The van der Waals surface area contributed by atoms with Crippen molar-refractivity contribution in [3.8, 4) is 0 Å². The Morgan fingerprint density at radius 2 is 1.84 bits per heavy atom. The zero-order valence-corrected chi connectivity index (χ0v) is 12.4. The van der Waals surface area contributed by atoms with Gasteiger partial charge >= 0.3 is 0 Å². The lowest BCUT2D eigenvalue weighted by molar-refractivity contribution is 0.142. The van der Waals surface area contributed by atoms with E-state index in [1.165, 1.54) is 49.8 Å². The summed E-state index contributed by atoms with van der Waals surface area (Å²) in [6.07, 6.45) is 6.16. The smallest absolute Gasteiger partial charge is 0.0239 e. The first-order valence-corrected chi connectivity index (χ1v) is 7.74. The van der Waals surface area contributed by atoms with Crippen molar-refractivity contribution >= 4 is 0 Å². The molecule has 0 atom stereocenters. The fraction of sp³-hybridized carbons (Fsp3) is 0.647. The van der Waals surface area contributed by atoms with Crippen LogP contribution in [0.4, 0.5) is 0 Å². The molecular weight excluding hydrogens is 232 g/mol. The quantitative estimate of drug-likeness (QED) is 0.878. The molecule has 0 aromatic heterocycles. The van der Waals surface area contributed by atoms with Crippen LogP contribution in [0.15, 0.2) is 24.3 Å². The van der Waals surface area contributed by atoms with E-state index in [9.17, 15) is 0 Å². The van der Waals surface area contributed by atoms with Crippen LogP contribution in [0.1, 0.15) is 50.2 Å². The van der Waals surface area contributed by atoms with E-state index in [1.54, 1.807) is 0 Å². The number of nitrogens with zero attached hydrogens (tertiary/aromatic N) is 1. The van der Waals surface area contributed by atoms with Crippen LogP contribution in [0, 0.1) is 6.92 Å². The molecule has 1 aliphatic rings. The Labute approximate surface area is 118 Å². The molecule has 106 valence electrons. The van der Waals surface area contributed by atoms with Gasteiger partial charge in [0.05, 0.1) is 0 Å². The van der Waals surface area contributed by atoms with Gasteiger partial charge in [-0.2, -0.15) is 0 Å². The van der Waals surface area contributed by atoms with Crippen molar-refractivity contribution < 1.29 is 0 Å². The molecule has 1 aromatic carbocycles. The molecule has 1 fully saturated rings. The van der Waals surface area contributed by atoms with Gasteiger partial charge in [0.2, 0.25) is 0 Å². The maximum atomic E-state index is 6.03. The number of hydrogen-bond acceptors (Lipinski definition) is 2. The molecule has 1 saturated carbocycles.